The van der Waals surface area contributed by atoms with Gasteiger partial charge in [-0.05, 0) is 43.5 Å². The van der Waals surface area contributed by atoms with Crippen molar-refractivity contribution in [2.75, 3.05) is 6.54 Å². The molecule has 30 heavy (non-hydrogen) atoms. The van der Waals surface area contributed by atoms with Crippen LogP contribution in [0.25, 0.3) is 17.4 Å². The molecule has 2 aromatic heterocycles. The second-order valence-corrected chi connectivity index (χ2v) is 6.48. The SMILES string of the molecule is CCN1C(=O)C(C#N)=C(C)/C(=C/c2cc3oc(C#Cc4ccccc4)nc3o2)C1=O. The van der Waals surface area contributed by atoms with Crippen LogP contribution in [0.3, 0.4) is 0 Å². The minimum Gasteiger partial charge on any atom is -0.436 e. The Morgan fingerprint density at radius 3 is 2.57 bits per heavy atom. The van der Waals surface area contributed by atoms with Crippen LogP contribution in [0, 0.1) is 23.2 Å². The second kappa shape index (κ2) is 7.57. The number of hydrogen-bond donors (Lipinski definition) is 0. The van der Waals surface area contributed by atoms with Crippen LogP contribution in [0.15, 0.2) is 62.0 Å². The van der Waals surface area contributed by atoms with E-state index in [1.807, 2.05) is 36.4 Å². The molecule has 0 fully saturated rings. The fourth-order valence-electron chi connectivity index (χ4n) is 3.08. The van der Waals surface area contributed by atoms with Crippen LogP contribution in [0.4, 0.5) is 0 Å². The Bertz CT molecular complexity index is 1310. The van der Waals surface area contributed by atoms with Gasteiger partial charge in [0.2, 0.25) is 0 Å². The monoisotopic (exact) mass is 397 g/mol. The van der Waals surface area contributed by atoms with Crippen molar-refractivity contribution in [3.8, 4) is 17.9 Å². The third-order valence-electron chi connectivity index (χ3n) is 4.62. The zero-order valence-corrected chi connectivity index (χ0v) is 16.2. The van der Waals surface area contributed by atoms with E-state index in [1.54, 1.807) is 19.9 Å². The van der Waals surface area contributed by atoms with Crippen molar-refractivity contribution in [3.63, 3.8) is 0 Å². The number of carbonyl (C=O) groups is 2. The number of nitriles is 1. The van der Waals surface area contributed by atoms with Gasteiger partial charge in [0.15, 0.2) is 5.58 Å². The van der Waals surface area contributed by atoms with Crippen LogP contribution in [-0.2, 0) is 9.59 Å². The number of carbonyl (C=O) groups excluding carboxylic acids is 2. The maximum atomic E-state index is 12.7. The lowest BCUT2D eigenvalue weighted by Crippen LogP contribution is -2.42. The highest BCUT2D eigenvalue weighted by atomic mass is 16.4. The van der Waals surface area contributed by atoms with E-state index in [0.717, 1.165) is 10.5 Å². The van der Waals surface area contributed by atoms with E-state index in [2.05, 4.69) is 16.8 Å². The van der Waals surface area contributed by atoms with E-state index in [4.69, 9.17) is 8.83 Å². The molecule has 0 unspecified atom stereocenters. The van der Waals surface area contributed by atoms with Crippen molar-refractivity contribution in [1.82, 2.24) is 9.88 Å². The molecule has 0 atom stereocenters. The standard InChI is InChI=1S/C23H15N3O4/c1-3-26-22(27)17(14(2)18(13-24)23(26)28)11-16-12-19-21(29-16)25-20(30-19)10-9-15-7-5-4-6-8-15/h4-8,11-12H,3H2,1-2H3/b17-11-. The largest absolute Gasteiger partial charge is 0.436 e. The first-order valence-corrected chi connectivity index (χ1v) is 9.18. The fourth-order valence-corrected chi connectivity index (χ4v) is 3.08. The van der Waals surface area contributed by atoms with Gasteiger partial charge in [0.25, 0.3) is 23.4 Å². The quantitative estimate of drug-likeness (QED) is 0.373. The summed E-state index contributed by atoms with van der Waals surface area (Å²) in [5.74, 6) is 5.26. The molecule has 1 aliphatic heterocycles. The predicted octanol–water partition coefficient (Wildman–Crippen LogP) is 3.43. The van der Waals surface area contributed by atoms with Crippen molar-refractivity contribution in [2.24, 2.45) is 0 Å². The van der Waals surface area contributed by atoms with Crippen molar-refractivity contribution >= 4 is 29.2 Å². The summed E-state index contributed by atoms with van der Waals surface area (Å²) < 4.78 is 11.2. The van der Waals surface area contributed by atoms with E-state index in [-0.39, 0.29) is 29.3 Å². The Labute approximate surface area is 171 Å². The molecule has 0 aliphatic carbocycles. The highest BCUT2D eigenvalue weighted by molar-refractivity contribution is 6.19. The van der Waals surface area contributed by atoms with E-state index >= 15 is 0 Å². The summed E-state index contributed by atoms with van der Waals surface area (Å²) in [4.78, 5) is 30.1. The Morgan fingerprint density at radius 2 is 1.90 bits per heavy atom. The summed E-state index contributed by atoms with van der Waals surface area (Å²) in [6.45, 7) is 3.40. The minimum absolute atomic E-state index is 0.0606. The molecule has 0 spiro atoms. The van der Waals surface area contributed by atoms with Crippen LogP contribution < -0.4 is 0 Å². The third kappa shape index (κ3) is 3.30. The number of nitrogens with zero attached hydrogens (tertiary/aromatic N) is 3. The molecule has 0 N–H and O–H groups in total. The molecule has 0 radical (unpaired) electrons. The number of rotatable bonds is 2. The molecule has 1 aliphatic rings. The van der Waals surface area contributed by atoms with Gasteiger partial charge in [0, 0.05) is 23.7 Å². The smallest absolute Gasteiger partial charge is 0.277 e. The zero-order valence-electron chi connectivity index (χ0n) is 16.2. The molecule has 7 heteroatoms. The van der Waals surface area contributed by atoms with Crippen molar-refractivity contribution < 1.29 is 18.4 Å². The van der Waals surface area contributed by atoms with Gasteiger partial charge >= 0.3 is 0 Å². The topological polar surface area (TPSA) is 100 Å². The molecule has 0 saturated carbocycles. The van der Waals surface area contributed by atoms with Gasteiger partial charge in [-0.2, -0.15) is 10.2 Å². The van der Waals surface area contributed by atoms with Crippen LogP contribution in [0.2, 0.25) is 0 Å². The van der Waals surface area contributed by atoms with Crippen LogP contribution >= 0.6 is 0 Å². The second-order valence-electron chi connectivity index (χ2n) is 6.48. The third-order valence-corrected chi connectivity index (χ3v) is 4.62. The lowest BCUT2D eigenvalue weighted by Gasteiger charge is -2.25. The Morgan fingerprint density at radius 1 is 1.13 bits per heavy atom. The number of aromatic nitrogens is 1. The minimum atomic E-state index is -0.587. The van der Waals surface area contributed by atoms with Gasteiger partial charge in [0.05, 0.1) is 0 Å². The number of hydrogen-bond acceptors (Lipinski definition) is 6. The maximum Gasteiger partial charge on any atom is 0.277 e. The molecule has 146 valence electrons. The molecule has 0 saturated heterocycles. The molecule has 2 amide bonds. The maximum absolute atomic E-state index is 12.7. The van der Waals surface area contributed by atoms with Crippen LogP contribution in [0.5, 0.6) is 0 Å². The van der Waals surface area contributed by atoms with Crippen molar-refractivity contribution in [1.29, 1.82) is 5.26 Å². The molecule has 3 heterocycles. The van der Waals surface area contributed by atoms with Gasteiger partial charge in [-0.15, -0.1) is 0 Å². The Kier molecular flexibility index (Phi) is 4.79. The molecule has 7 nitrogen and oxygen atoms in total. The summed E-state index contributed by atoms with van der Waals surface area (Å²) in [5.41, 5.74) is 1.93. The number of furan rings is 1. The van der Waals surface area contributed by atoms with E-state index < -0.39 is 11.8 Å². The predicted molar refractivity (Wildman–Crippen MR) is 107 cm³/mol. The fraction of sp³-hybridized carbons (Fsp3) is 0.130. The molecule has 0 bridgehead atoms. The zero-order chi connectivity index (χ0) is 21.3. The molecule has 4 rings (SSSR count). The van der Waals surface area contributed by atoms with E-state index in [1.165, 1.54) is 6.08 Å². The van der Waals surface area contributed by atoms with Crippen LogP contribution in [-0.4, -0.2) is 28.2 Å². The molecule has 1 aromatic carbocycles. The molecular weight excluding hydrogens is 382 g/mol. The highest BCUT2D eigenvalue weighted by Crippen LogP contribution is 2.28. The van der Waals surface area contributed by atoms with Gasteiger partial charge in [-0.3, -0.25) is 14.5 Å². The first-order valence-electron chi connectivity index (χ1n) is 9.18. The first kappa shape index (κ1) is 19.0. The number of benzene rings is 1. The summed E-state index contributed by atoms with van der Waals surface area (Å²) in [6, 6.07) is 12.9. The van der Waals surface area contributed by atoms with Gasteiger partial charge in [-0.1, -0.05) is 24.1 Å². The van der Waals surface area contributed by atoms with Crippen molar-refractivity contribution in [2.45, 2.75) is 13.8 Å². The van der Waals surface area contributed by atoms with Crippen molar-refractivity contribution in [3.05, 3.63) is 70.3 Å². The van der Waals surface area contributed by atoms with Crippen LogP contribution in [0.1, 0.15) is 31.1 Å². The van der Waals surface area contributed by atoms with E-state index in [0.29, 0.717) is 16.9 Å². The summed E-state index contributed by atoms with van der Waals surface area (Å²) in [5, 5.41) is 9.30. The highest BCUT2D eigenvalue weighted by Gasteiger charge is 2.34. The normalized spacial score (nSPS) is 15.5. The molecule has 3 aromatic rings. The number of imide groups is 1. The van der Waals surface area contributed by atoms with E-state index in [9.17, 15) is 14.9 Å². The Hall–Kier alpha value is -4.36. The lowest BCUT2D eigenvalue weighted by molar-refractivity contribution is -0.140. The summed E-state index contributed by atoms with van der Waals surface area (Å²) >= 11 is 0. The number of fused-ring (bicyclic) bond motifs is 1. The molecular formula is C23H15N3O4. The lowest BCUT2D eigenvalue weighted by atomic mass is 9.95. The first-order chi connectivity index (χ1) is 14.5. The Balaban J connectivity index is 1.68. The number of oxazole rings is 1. The average molecular weight is 397 g/mol. The average Bonchev–Trinajstić information content (AvgIpc) is 3.29. The van der Waals surface area contributed by atoms with Gasteiger partial charge in [-0.25, -0.2) is 0 Å². The summed E-state index contributed by atoms with van der Waals surface area (Å²) in [6.07, 6.45) is 1.48. The number of amides is 2. The van der Waals surface area contributed by atoms with Gasteiger partial charge < -0.3 is 8.83 Å². The van der Waals surface area contributed by atoms with Gasteiger partial charge in [0.1, 0.15) is 17.4 Å². The summed E-state index contributed by atoms with van der Waals surface area (Å²) in [7, 11) is 0. The number of likely N-dealkylation sites (N-methyl/N-ethyl adjacent to an activating group) is 1.